The minimum Gasteiger partial charge on any atom is -0.378 e. The first kappa shape index (κ1) is 13.2. The predicted molar refractivity (Wildman–Crippen MR) is 73.0 cm³/mol. The fourth-order valence-electron chi connectivity index (χ4n) is 1.72. The van der Waals surface area contributed by atoms with E-state index in [0.717, 1.165) is 5.75 Å². The molecule has 1 aromatic carbocycles. The molecular formula is C13H18N2O2S. The van der Waals surface area contributed by atoms with Gasteiger partial charge in [-0.2, -0.15) is 0 Å². The number of nitrogens with one attached hydrogen (secondary N) is 1. The lowest BCUT2D eigenvalue weighted by molar-refractivity contribution is 0.0533. The Morgan fingerprint density at radius 1 is 1.28 bits per heavy atom. The third-order valence-corrected chi connectivity index (χ3v) is 3.70. The molecule has 98 valence electrons. The number of benzene rings is 1. The van der Waals surface area contributed by atoms with Crippen molar-refractivity contribution in [1.82, 2.24) is 10.2 Å². The van der Waals surface area contributed by atoms with E-state index in [4.69, 9.17) is 4.74 Å². The maximum atomic E-state index is 11.8. The second-order valence-electron chi connectivity index (χ2n) is 3.99. The first-order valence-electron chi connectivity index (χ1n) is 6.14. The number of hydrogen-bond acceptors (Lipinski definition) is 3. The number of nitrogens with zero attached hydrogens (tertiary/aromatic N) is 1. The molecule has 5 heteroatoms. The lowest BCUT2D eigenvalue weighted by atomic mass is 10.4. The van der Waals surface area contributed by atoms with E-state index in [0.29, 0.717) is 32.8 Å². The maximum Gasteiger partial charge on any atom is 0.317 e. The lowest BCUT2D eigenvalue weighted by Crippen LogP contribution is -2.46. The normalized spacial score (nSPS) is 15.4. The Labute approximate surface area is 112 Å². The van der Waals surface area contributed by atoms with Crippen LogP contribution in [0.15, 0.2) is 35.2 Å². The summed E-state index contributed by atoms with van der Waals surface area (Å²) in [5.41, 5.74) is 0. The third kappa shape index (κ3) is 4.23. The van der Waals surface area contributed by atoms with Gasteiger partial charge in [0.15, 0.2) is 0 Å². The zero-order valence-corrected chi connectivity index (χ0v) is 11.1. The van der Waals surface area contributed by atoms with Crippen LogP contribution >= 0.6 is 11.8 Å². The third-order valence-electron chi connectivity index (χ3n) is 2.69. The van der Waals surface area contributed by atoms with Crippen LogP contribution in [0.3, 0.4) is 0 Å². The highest BCUT2D eigenvalue weighted by Gasteiger charge is 2.15. The van der Waals surface area contributed by atoms with Gasteiger partial charge in [-0.1, -0.05) is 18.2 Å². The number of hydrogen-bond donors (Lipinski definition) is 1. The van der Waals surface area contributed by atoms with Crippen LogP contribution in [0.4, 0.5) is 4.79 Å². The summed E-state index contributed by atoms with van der Waals surface area (Å²) in [6.45, 7) is 3.36. The Morgan fingerprint density at radius 3 is 2.72 bits per heavy atom. The molecular weight excluding hydrogens is 248 g/mol. The molecule has 0 atom stereocenters. The minimum absolute atomic E-state index is 0.0203. The van der Waals surface area contributed by atoms with Crippen molar-refractivity contribution in [1.29, 1.82) is 0 Å². The van der Waals surface area contributed by atoms with Crippen molar-refractivity contribution in [3.05, 3.63) is 30.3 Å². The van der Waals surface area contributed by atoms with Crippen molar-refractivity contribution in [2.45, 2.75) is 4.90 Å². The predicted octanol–water partition coefficient (Wildman–Crippen LogP) is 1.82. The van der Waals surface area contributed by atoms with Crippen molar-refractivity contribution < 1.29 is 9.53 Å². The average molecular weight is 266 g/mol. The second-order valence-corrected chi connectivity index (χ2v) is 5.16. The molecule has 0 bridgehead atoms. The zero-order valence-electron chi connectivity index (χ0n) is 10.3. The smallest absolute Gasteiger partial charge is 0.317 e. The highest BCUT2D eigenvalue weighted by atomic mass is 32.2. The van der Waals surface area contributed by atoms with Crippen LogP contribution in [-0.2, 0) is 4.74 Å². The standard InChI is InChI=1S/C13H18N2O2S/c16-13(15-7-9-17-10-8-15)14-6-11-18-12-4-2-1-3-5-12/h1-5H,6-11H2,(H,14,16). The van der Waals surface area contributed by atoms with E-state index >= 15 is 0 Å². The summed E-state index contributed by atoms with van der Waals surface area (Å²) in [4.78, 5) is 14.8. The van der Waals surface area contributed by atoms with Gasteiger partial charge in [-0.05, 0) is 12.1 Å². The molecule has 2 rings (SSSR count). The summed E-state index contributed by atoms with van der Waals surface area (Å²) < 4.78 is 5.21. The van der Waals surface area contributed by atoms with Crippen LogP contribution in [0, 0.1) is 0 Å². The van der Waals surface area contributed by atoms with Crippen LogP contribution in [0.1, 0.15) is 0 Å². The van der Waals surface area contributed by atoms with Crippen LogP contribution in [-0.4, -0.2) is 49.5 Å². The Morgan fingerprint density at radius 2 is 2.00 bits per heavy atom. The Hall–Kier alpha value is -1.20. The summed E-state index contributed by atoms with van der Waals surface area (Å²) in [5, 5.41) is 2.93. The van der Waals surface area contributed by atoms with Gasteiger partial charge in [0.2, 0.25) is 0 Å². The molecule has 0 spiro atoms. The molecule has 0 unspecified atom stereocenters. The molecule has 0 saturated carbocycles. The molecule has 1 aliphatic rings. The van der Waals surface area contributed by atoms with Gasteiger partial charge in [0.05, 0.1) is 13.2 Å². The number of urea groups is 1. The van der Waals surface area contributed by atoms with Gasteiger partial charge in [-0.25, -0.2) is 4.79 Å². The molecule has 4 nitrogen and oxygen atoms in total. The Balaban J connectivity index is 1.61. The van der Waals surface area contributed by atoms with Crippen molar-refractivity contribution in [2.24, 2.45) is 0 Å². The highest BCUT2D eigenvalue weighted by Crippen LogP contribution is 2.15. The van der Waals surface area contributed by atoms with Gasteiger partial charge >= 0.3 is 6.03 Å². The van der Waals surface area contributed by atoms with E-state index in [1.54, 1.807) is 16.7 Å². The number of ether oxygens (including phenoxy) is 1. The quantitative estimate of drug-likeness (QED) is 0.667. The van der Waals surface area contributed by atoms with Crippen molar-refractivity contribution >= 4 is 17.8 Å². The molecule has 18 heavy (non-hydrogen) atoms. The van der Waals surface area contributed by atoms with E-state index in [1.165, 1.54) is 4.90 Å². The SMILES string of the molecule is O=C(NCCSc1ccccc1)N1CCOCC1. The van der Waals surface area contributed by atoms with E-state index in [-0.39, 0.29) is 6.03 Å². The van der Waals surface area contributed by atoms with Gasteiger partial charge in [0.1, 0.15) is 0 Å². The highest BCUT2D eigenvalue weighted by molar-refractivity contribution is 7.99. The Bertz CT molecular complexity index is 367. The van der Waals surface area contributed by atoms with Gasteiger partial charge in [-0.3, -0.25) is 0 Å². The molecule has 0 aliphatic carbocycles. The average Bonchev–Trinajstić information content (AvgIpc) is 2.45. The van der Waals surface area contributed by atoms with Crippen molar-refractivity contribution in [3.8, 4) is 0 Å². The summed E-state index contributed by atoms with van der Waals surface area (Å²) in [6.07, 6.45) is 0. The van der Waals surface area contributed by atoms with Crippen LogP contribution in [0.2, 0.25) is 0 Å². The Kier molecular flexibility index (Phi) is 5.36. The van der Waals surface area contributed by atoms with E-state index in [1.807, 2.05) is 18.2 Å². The molecule has 1 fully saturated rings. The first-order valence-corrected chi connectivity index (χ1v) is 7.13. The summed E-state index contributed by atoms with van der Waals surface area (Å²) in [5.74, 6) is 0.889. The van der Waals surface area contributed by atoms with Gasteiger partial charge in [0, 0.05) is 30.3 Å². The molecule has 0 aromatic heterocycles. The molecule has 1 aromatic rings. The molecule has 1 saturated heterocycles. The van der Waals surface area contributed by atoms with Crippen molar-refractivity contribution in [2.75, 3.05) is 38.6 Å². The molecule has 0 radical (unpaired) electrons. The number of carbonyl (C=O) groups is 1. The van der Waals surface area contributed by atoms with Gasteiger partial charge in [0.25, 0.3) is 0 Å². The van der Waals surface area contributed by atoms with Crippen LogP contribution in [0.25, 0.3) is 0 Å². The first-order chi connectivity index (χ1) is 8.86. The van der Waals surface area contributed by atoms with E-state index < -0.39 is 0 Å². The topological polar surface area (TPSA) is 41.6 Å². The minimum atomic E-state index is 0.0203. The second kappa shape index (κ2) is 7.28. The fraction of sp³-hybridized carbons (Fsp3) is 0.462. The monoisotopic (exact) mass is 266 g/mol. The summed E-state index contributed by atoms with van der Waals surface area (Å²) in [7, 11) is 0. The van der Waals surface area contributed by atoms with Crippen LogP contribution in [0.5, 0.6) is 0 Å². The molecule has 1 aliphatic heterocycles. The molecule has 2 amide bonds. The largest absolute Gasteiger partial charge is 0.378 e. The number of carbonyl (C=O) groups excluding carboxylic acids is 1. The summed E-state index contributed by atoms with van der Waals surface area (Å²) >= 11 is 1.75. The van der Waals surface area contributed by atoms with Crippen LogP contribution < -0.4 is 5.32 Å². The van der Waals surface area contributed by atoms with E-state index in [2.05, 4.69) is 17.4 Å². The number of rotatable bonds is 4. The van der Waals surface area contributed by atoms with Crippen molar-refractivity contribution in [3.63, 3.8) is 0 Å². The lowest BCUT2D eigenvalue weighted by Gasteiger charge is -2.26. The zero-order chi connectivity index (χ0) is 12.6. The fourth-order valence-corrected chi connectivity index (χ4v) is 2.51. The maximum absolute atomic E-state index is 11.8. The number of amides is 2. The van der Waals surface area contributed by atoms with E-state index in [9.17, 15) is 4.79 Å². The number of thioether (sulfide) groups is 1. The molecule has 1 heterocycles. The molecule has 1 N–H and O–H groups in total. The number of morpholine rings is 1. The van der Waals surface area contributed by atoms with Gasteiger partial charge in [-0.15, -0.1) is 11.8 Å². The van der Waals surface area contributed by atoms with Gasteiger partial charge < -0.3 is 15.0 Å². The summed E-state index contributed by atoms with van der Waals surface area (Å²) in [6, 6.07) is 10.2.